The topological polar surface area (TPSA) is 44.4 Å². The molecule has 1 heterocycles. The van der Waals surface area contributed by atoms with Crippen molar-refractivity contribution < 1.29 is 4.79 Å². The fourth-order valence-corrected chi connectivity index (χ4v) is 4.21. The maximum absolute atomic E-state index is 13.0. The molecule has 0 bridgehead atoms. The Balaban J connectivity index is 0.00000225. The molecule has 1 aromatic carbocycles. The highest BCUT2D eigenvalue weighted by Crippen LogP contribution is 2.42. The van der Waals surface area contributed by atoms with E-state index < -0.39 is 0 Å². The maximum atomic E-state index is 13.0. The molecule has 1 aliphatic heterocycles. The van der Waals surface area contributed by atoms with Gasteiger partial charge < -0.3 is 15.5 Å². The quantitative estimate of drug-likeness (QED) is 0.739. The molecular formula is C19H29Cl2N3O. The molecule has 3 rings (SSSR count). The molecule has 1 saturated heterocycles. The minimum Gasteiger partial charge on any atom is -0.355 e. The van der Waals surface area contributed by atoms with E-state index in [-0.39, 0.29) is 23.7 Å². The van der Waals surface area contributed by atoms with Gasteiger partial charge in [-0.1, -0.05) is 36.6 Å². The Bertz CT molecular complexity index is 555. The third-order valence-electron chi connectivity index (χ3n) is 5.42. The average molecular weight is 386 g/mol. The van der Waals surface area contributed by atoms with E-state index >= 15 is 0 Å². The van der Waals surface area contributed by atoms with Crippen LogP contribution in [0.15, 0.2) is 24.3 Å². The fraction of sp³-hybridized carbons (Fsp3) is 0.632. The summed E-state index contributed by atoms with van der Waals surface area (Å²) in [4.78, 5) is 15.4. The second kappa shape index (κ2) is 9.77. The summed E-state index contributed by atoms with van der Waals surface area (Å²) in [6.07, 6.45) is 5.09. The van der Waals surface area contributed by atoms with Crippen molar-refractivity contribution in [1.82, 2.24) is 15.5 Å². The highest BCUT2D eigenvalue weighted by molar-refractivity contribution is 6.30. The standard InChI is InChI=1S/C19H28ClN3O.ClH/c20-17-6-3-5-16(15-17)19(7-1-2-8-19)18(24)22-9-4-12-23-13-10-21-11-14-23;/h3,5-6,15,21H,1-2,4,7-14H2,(H,22,24);1H. The lowest BCUT2D eigenvalue weighted by atomic mass is 9.78. The summed E-state index contributed by atoms with van der Waals surface area (Å²) in [6.45, 7) is 6.19. The second-order valence-electron chi connectivity index (χ2n) is 7.00. The van der Waals surface area contributed by atoms with Gasteiger partial charge >= 0.3 is 0 Å². The van der Waals surface area contributed by atoms with Crippen LogP contribution in [0.1, 0.15) is 37.7 Å². The van der Waals surface area contributed by atoms with Gasteiger partial charge in [0.1, 0.15) is 0 Å². The average Bonchev–Trinajstić information content (AvgIpc) is 3.11. The minimum atomic E-state index is -0.375. The first kappa shape index (κ1) is 20.5. The lowest BCUT2D eigenvalue weighted by molar-refractivity contribution is -0.126. The zero-order chi connectivity index (χ0) is 16.8. The Kier molecular flexibility index (Phi) is 8.01. The molecule has 2 fully saturated rings. The van der Waals surface area contributed by atoms with Crippen molar-refractivity contribution in [2.75, 3.05) is 39.3 Å². The number of nitrogens with zero attached hydrogens (tertiary/aromatic N) is 1. The molecule has 0 unspecified atom stereocenters. The molecule has 4 nitrogen and oxygen atoms in total. The summed E-state index contributed by atoms with van der Waals surface area (Å²) in [6, 6.07) is 7.85. The zero-order valence-electron chi connectivity index (χ0n) is 14.7. The summed E-state index contributed by atoms with van der Waals surface area (Å²) in [5.74, 6) is 0.183. The Hall–Kier alpha value is -0.810. The number of hydrogen-bond donors (Lipinski definition) is 2. The van der Waals surface area contributed by atoms with Crippen LogP contribution in [0.5, 0.6) is 0 Å². The number of carbonyl (C=O) groups excluding carboxylic acids is 1. The smallest absolute Gasteiger partial charge is 0.230 e. The summed E-state index contributed by atoms with van der Waals surface area (Å²) in [7, 11) is 0. The third kappa shape index (κ3) is 5.10. The third-order valence-corrected chi connectivity index (χ3v) is 5.65. The molecule has 2 N–H and O–H groups in total. The van der Waals surface area contributed by atoms with Gasteiger partial charge in [-0.25, -0.2) is 0 Å². The molecule has 1 aliphatic carbocycles. The number of rotatable bonds is 6. The van der Waals surface area contributed by atoms with Crippen molar-refractivity contribution in [2.24, 2.45) is 0 Å². The first-order valence-corrected chi connectivity index (χ1v) is 9.56. The van der Waals surface area contributed by atoms with E-state index in [1.807, 2.05) is 18.2 Å². The monoisotopic (exact) mass is 385 g/mol. The first-order valence-electron chi connectivity index (χ1n) is 9.18. The normalized spacial score (nSPS) is 20.0. The summed E-state index contributed by atoms with van der Waals surface area (Å²) >= 11 is 6.16. The molecule has 0 spiro atoms. The number of benzene rings is 1. The molecule has 2 aliphatic rings. The summed E-state index contributed by atoms with van der Waals surface area (Å²) in [5.41, 5.74) is 0.701. The Morgan fingerprint density at radius 3 is 2.64 bits per heavy atom. The lowest BCUT2D eigenvalue weighted by Gasteiger charge is -2.29. The predicted octanol–water partition coefficient (Wildman–Crippen LogP) is 2.99. The van der Waals surface area contributed by atoms with Crippen molar-refractivity contribution in [3.63, 3.8) is 0 Å². The minimum absolute atomic E-state index is 0. The lowest BCUT2D eigenvalue weighted by Crippen LogP contribution is -2.45. The van der Waals surface area contributed by atoms with Crippen LogP contribution >= 0.6 is 24.0 Å². The van der Waals surface area contributed by atoms with Gasteiger partial charge in [0.15, 0.2) is 0 Å². The molecule has 1 aromatic rings. The molecular weight excluding hydrogens is 357 g/mol. The second-order valence-corrected chi connectivity index (χ2v) is 7.44. The van der Waals surface area contributed by atoms with Crippen LogP contribution in [0.2, 0.25) is 5.02 Å². The van der Waals surface area contributed by atoms with Crippen LogP contribution < -0.4 is 10.6 Å². The Morgan fingerprint density at radius 2 is 1.96 bits per heavy atom. The van der Waals surface area contributed by atoms with E-state index in [4.69, 9.17) is 11.6 Å². The van der Waals surface area contributed by atoms with Crippen LogP contribution in [0.3, 0.4) is 0 Å². The number of piperazine rings is 1. The summed E-state index contributed by atoms with van der Waals surface area (Å²) in [5, 5.41) is 7.28. The van der Waals surface area contributed by atoms with Crippen molar-refractivity contribution in [1.29, 1.82) is 0 Å². The highest BCUT2D eigenvalue weighted by Gasteiger charge is 2.42. The van der Waals surface area contributed by atoms with Gasteiger partial charge in [0.05, 0.1) is 5.41 Å². The largest absolute Gasteiger partial charge is 0.355 e. The van der Waals surface area contributed by atoms with E-state index in [2.05, 4.69) is 21.6 Å². The van der Waals surface area contributed by atoms with Gasteiger partial charge in [-0.05, 0) is 43.5 Å². The molecule has 140 valence electrons. The van der Waals surface area contributed by atoms with Crippen molar-refractivity contribution in [3.8, 4) is 0 Å². The van der Waals surface area contributed by atoms with Gasteiger partial charge in [0.25, 0.3) is 0 Å². The van der Waals surface area contributed by atoms with E-state index in [1.54, 1.807) is 0 Å². The van der Waals surface area contributed by atoms with Gasteiger partial charge in [-0.2, -0.15) is 0 Å². The highest BCUT2D eigenvalue weighted by atomic mass is 35.5. The summed E-state index contributed by atoms with van der Waals surface area (Å²) < 4.78 is 0. The van der Waals surface area contributed by atoms with Crippen LogP contribution in [-0.2, 0) is 10.2 Å². The van der Waals surface area contributed by atoms with E-state index in [1.165, 1.54) is 0 Å². The van der Waals surface area contributed by atoms with Gasteiger partial charge in [0, 0.05) is 37.7 Å². The Labute approximate surface area is 162 Å². The number of amides is 1. The van der Waals surface area contributed by atoms with Crippen molar-refractivity contribution in [2.45, 2.75) is 37.5 Å². The van der Waals surface area contributed by atoms with Crippen molar-refractivity contribution >= 4 is 29.9 Å². The van der Waals surface area contributed by atoms with Gasteiger partial charge in [0.2, 0.25) is 5.91 Å². The molecule has 1 amide bonds. The van der Waals surface area contributed by atoms with Crippen LogP contribution in [-0.4, -0.2) is 50.1 Å². The number of carbonyl (C=O) groups is 1. The Morgan fingerprint density at radius 1 is 1.24 bits per heavy atom. The number of nitrogens with one attached hydrogen (secondary N) is 2. The van der Waals surface area contributed by atoms with Gasteiger partial charge in [-0.15, -0.1) is 12.4 Å². The number of halogens is 2. The van der Waals surface area contributed by atoms with E-state index in [0.29, 0.717) is 5.02 Å². The van der Waals surface area contributed by atoms with E-state index in [0.717, 1.165) is 76.9 Å². The van der Waals surface area contributed by atoms with E-state index in [9.17, 15) is 4.79 Å². The first-order chi connectivity index (χ1) is 11.7. The number of hydrogen-bond acceptors (Lipinski definition) is 3. The molecule has 0 aromatic heterocycles. The molecule has 6 heteroatoms. The van der Waals surface area contributed by atoms with Crippen LogP contribution in [0, 0.1) is 0 Å². The van der Waals surface area contributed by atoms with Gasteiger partial charge in [-0.3, -0.25) is 4.79 Å². The maximum Gasteiger partial charge on any atom is 0.230 e. The zero-order valence-corrected chi connectivity index (χ0v) is 16.3. The molecule has 25 heavy (non-hydrogen) atoms. The molecule has 1 saturated carbocycles. The molecule has 0 radical (unpaired) electrons. The fourth-order valence-electron chi connectivity index (χ4n) is 4.02. The van der Waals surface area contributed by atoms with Crippen LogP contribution in [0.4, 0.5) is 0 Å². The van der Waals surface area contributed by atoms with Crippen LogP contribution in [0.25, 0.3) is 0 Å². The predicted molar refractivity (Wildman–Crippen MR) is 106 cm³/mol. The molecule has 0 atom stereocenters. The van der Waals surface area contributed by atoms with Crippen molar-refractivity contribution in [3.05, 3.63) is 34.9 Å². The SMILES string of the molecule is Cl.O=C(NCCCN1CCNCC1)C1(c2cccc(Cl)c2)CCCC1.